The van der Waals surface area contributed by atoms with E-state index in [9.17, 15) is 4.79 Å². The lowest BCUT2D eigenvalue weighted by molar-refractivity contribution is 0.414. The number of benzene rings is 1. The highest BCUT2D eigenvalue weighted by molar-refractivity contribution is 7.15. The fourth-order valence-electron chi connectivity index (χ4n) is 3.53. The van der Waals surface area contributed by atoms with E-state index in [4.69, 9.17) is 27.9 Å². The Labute approximate surface area is 169 Å². The number of aromatic nitrogens is 3. The normalized spacial score (nSPS) is 21.4. The minimum Gasteiger partial charge on any atom is -0.496 e. The van der Waals surface area contributed by atoms with Gasteiger partial charge in [0.25, 0.3) is 5.56 Å². The molecule has 2 atom stereocenters. The Kier molecular flexibility index (Phi) is 4.53. The van der Waals surface area contributed by atoms with Gasteiger partial charge in [-0.3, -0.25) is 4.79 Å². The Hall–Kier alpha value is -1.89. The van der Waals surface area contributed by atoms with Crippen LogP contribution in [-0.2, 0) is 0 Å². The predicted molar refractivity (Wildman–Crippen MR) is 109 cm³/mol. The van der Waals surface area contributed by atoms with Crippen LogP contribution in [0.2, 0.25) is 0 Å². The largest absolute Gasteiger partial charge is 0.496 e. The van der Waals surface area contributed by atoms with Crippen LogP contribution < -0.4 is 14.8 Å². The summed E-state index contributed by atoms with van der Waals surface area (Å²) in [6, 6.07) is 7.55. The second-order valence-electron chi connectivity index (χ2n) is 7.10. The zero-order valence-corrected chi connectivity index (χ0v) is 17.3. The molecule has 3 aromatic rings. The summed E-state index contributed by atoms with van der Waals surface area (Å²) < 4.78 is 7.53. The number of para-hydroxylation sites is 1. The van der Waals surface area contributed by atoms with Crippen molar-refractivity contribution in [3.05, 3.63) is 61.1 Å². The van der Waals surface area contributed by atoms with Gasteiger partial charge in [0.15, 0.2) is 5.82 Å². The summed E-state index contributed by atoms with van der Waals surface area (Å²) in [6.45, 7) is 4.23. The molecule has 1 aliphatic carbocycles. The number of rotatable bonds is 4. The van der Waals surface area contributed by atoms with Crippen molar-refractivity contribution in [1.82, 2.24) is 14.6 Å². The molecule has 140 valence electrons. The van der Waals surface area contributed by atoms with E-state index in [2.05, 4.69) is 23.9 Å². The average molecular weight is 422 g/mol. The summed E-state index contributed by atoms with van der Waals surface area (Å²) in [6.07, 6.45) is 3.63. The maximum absolute atomic E-state index is 12.8. The van der Waals surface area contributed by atoms with Gasteiger partial charge >= 0.3 is 0 Å². The molecular weight excluding hydrogens is 405 g/mol. The lowest BCUT2D eigenvalue weighted by atomic mass is 10.1. The molecule has 0 saturated heterocycles. The van der Waals surface area contributed by atoms with Crippen molar-refractivity contribution in [3.8, 4) is 5.75 Å². The zero-order valence-electron chi connectivity index (χ0n) is 14.9. The number of allylic oxidation sites excluding steroid dienone is 1. The Morgan fingerprint density at radius 3 is 2.74 bits per heavy atom. The summed E-state index contributed by atoms with van der Waals surface area (Å²) in [4.78, 5) is 17.9. The van der Waals surface area contributed by atoms with Gasteiger partial charge in [-0.05, 0) is 29.6 Å². The summed E-state index contributed by atoms with van der Waals surface area (Å²) in [5.74, 6) is 1.62. The van der Waals surface area contributed by atoms with Gasteiger partial charge in [-0.2, -0.15) is 4.52 Å². The number of thiazole rings is 1. The number of hydrogen-bond donors (Lipinski definition) is 0. The summed E-state index contributed by atoms with van der Waals surface area (Å²) in [5.41, 5.74) is 0.620. The maximum Gasteiger partial charge on any atom is 0.291 e. The van der Waals surface area contributed by atoms with Crippen molar-refractivity contribution in [3.63, 3.8) is 0 Å². The van der Waals surface area contributed by atoms with Gasteiger partial charge in [-0.15, -0.1) is 5.10 Å². The molecule has 1 saturated carbocycles. The first-order chi connectivity index (χ1) is 12.8. The zero-order chi connectivity index (χ0) is 19.3. The van der Waals surface area contributed by atoms with Crippen LogP contribution in [0.1, 0.15) is 31.2 Å². The molecule has 5 nitrogen and oxygen atoms in total. The lowest BCUT2D eigenvalue weighted by Crippen LogP contribution is -2.23. The minimum atomic E-state index is -0.180. The number of ether oxygens (including phenoxy) is 1. The van der Waals surface area contributed by atoms with Crippen molar-refractivity contribution in [2.75, 3.05) is 7.11 Å². The third kappa shape index (κ3) is 3.16. The molecule has 1 aliphatic rings. The van der Waals surface area contributed by atoms with E-state index in [1.807, 2.05) is 36.4 Å². The van der Waals surface area contributed by atoms with E-state index in [0.29, 0.717) is 21.1 Å². The molecule has 8 heteroatoms. The summed E-state index contributed by atoms with van der Waals surface area (Å²) in [7, 11) is 1.61. The molecule has 2 heterocycles. The molecule has 1 fully saturated rings. The summed E-state index contributed by atoms with van der Waals surface area (Å²) >= 11 is 13.0. The van der Waals surface area contributed by atoms with E-state index in [1.165, 1.54) is 15.9 Å². The van der Waals surface area contributed by atoms with Crippen LogP contribution in [0.4, 0.5) is 0 Å². The molecule has 0 radical (unpaired) electrons. The Morgan fingerprint density at radius 2 is 2.07 bits per heavy atom. The number of methoxy groups -OCH3 is 1. The van der Waals surface area contributed by atoms with Crippen LogP contribution in [0.25, 0.3) is 11.0 Å². The highest BCUT2D eigenvalue weighted by atomic mass is 35.5. The van der Waals surface area contributed by atoms with Gasteiger partial charge in [0.2, 0.25) is 4.96 Å². The van der Waals surface area contributed by atoms with Gasteiger partial charge in [-0.25, -0.2) is 4.98 Å². The van der Waals surface area contributed by atoms with Crippen molar-refractivity contribution < 1.29 is 4.74 Å². The quantitative estimate of drug-likeness (QED) is 0.643. The first kappa shape index (κ1) is 18.5. The van der Waals surface area contributed by atoms with E-state index >= 15 is 0 Å². The highest BCUT2D eigenvalue weighted by Gasteiger charge is 2.59. The fraction of sp³-hybridized carbons (Fsp3) is 0.316. The van der Waals surface area contributed by atoms with E-state index < -0.39 is 0 Å². The fourth-order valence-corrected chi connectivity index (χ4v) is 4.70. The van der Waals surface area contributed by atoms with Gasteiger partial charge in [0, 0.05) is 11.5 Å². The van der Waals surface area contributed by atoms with Crippen molar-refractivity contribution in [2.45, 2.75) is 19.8 Å². The van der Waals surface area contributed by atoms with Gasteiger partial charge in [-0.1, -0.05) is 66.6 Å². The van der Waals surface area contributed by atoms with Crippen LogP contribution in [-0.4, -0.2) is 21.7 Å². The lowest BCUT2D eigenvalue weighted by Gasteiger charge is -2.02. The van der Waals surface area contributed by atoms with Crippen LogP contribution in [0.5, 0.6) is 5.75 Å². The predicted octanol–water partition coefficient (Wildman–Crippen LogP) is 3.77. The molecule has 4 rings (SSSR count). The highest BCUT2D eigenvalue weighted by Crippen LogP contribution is 2.64. The average Bonchev–Trinajstić information content (AvgIpc) is 2.90. The number of nitrogens with zero attached hydrogens (tertiary/aromatic N) is 3. The SMILES string of the molecule is COc1ccccc1C=c1sc2nc(C3C(C=C(Cl)Cl)C3(C)C)nn2c1=O. The monoisotopic (exact) mass is 421 g/mol. The van der Waals surface area contributed by atoms with Crippen LogP contribution in [0.15, 0.2) is 39.6 Å². The molecular formula is C19H17Cl2N3O2S. The minimum absolute atomic E-state index is 0.0402. The standard InChI is InChI=1S/C19H17Cl2N3O2S/c1-19(2)11(9-14(20)21)15(19)16-22-18-24(23-16)17(25)13(27-18)8-10-6-4-5-7-12(10)26-3/h4-9,11,15H,1-3H3. The molecule has 0 amide bonds. The number of fused-ring (bicyclic) bond motifs is 1. The number of hydrogen-bond acceptors (Lipinski definition) is 5. The molecule has 2 aromatic heterocycles. The summed E-state index contributed by atoms with van der Waals surface area (Å²) in [5, 5.41) is 4.47. The molecule has 1 aromatic carbocycles. The topological polar surface area (TPSA) is 56.5 Å². The molecule has 0 bridgehead atoms. The van der Waals surface area contributed by atoms with E-state index in [1.54, 1.807) is 7.11 Å². The van der Waals surface area contributed by atoms with Gasteiger partial charge < -0.3 is 4.74 Å². The second kappa shape index (κ2) is 6.62. The second-order valence-corrected chi connectivity index (χ2v) is 9.12. The van der Waals surface area contributed by atoms with E-state index in [0.717, 1.165) is 5.56 Å². The molecule has 27 heavy (non-hydrogen) atoms. The van der Waals surface area contributed by atoms with Crippen molar-refractivity contribution in [2.24, 2.45) is 11.3 Å². The Balaban J connectivity index is 1.74. The first-order valence-electron chi connectivity index (χ1n) is 8.40. The van der Waals surface area contributed by atoms with Crippen LogP contribution in [0.3, 0.4) is 0 Å². The number of halogens is 2. The van der Waals surface area contributed by atoms with Crippen LogP contribution >= 0.6 is 34.5 Å². The molecule has 2 unspecified atom stereocenters. The first-order valence-corrected chi connectivity index (χ1v) is 9.97. The molecule has 0 aliphatic heterocycles. The van der Waals surface area contributed by atoms with E-state index in [-0.39, 0.29) is 27.3 Å². The molecule has 0 N–H and O–H groups in total. The molecule has 0 spiro atoms. The smallest absolute Gasteiger partial charge is 0.291 e. The van der Waals surface area contributed by atoms with Crippen molar-refractivity contribution >= 4 is 45.6 Å². The van der Waals surface area contributed by atoms with Gasteiger partial charge in [0.05, 0.1) is 11.6 Å². The third-order valence-electron chi connectivity index (χ3n) is 5.12. The van der Waals surface area contributed by atoms with Gasteiger partial charge in [0.1, 0.15) is 10.2 Å². The maximum atomic E-state index is 12.8. The third-order valence-corrected chi connectivity index (χ3v) is 6.33. The van der Waals surface area contributed by atoms with Crippen LogP contribution in [0, 0.1) is 11.3 Å². The van der Waals surface area contributed by atoms with Crippen molar-refractivity contribution in [1.29, 1.82) is 0 Å². The Bertz CT molecular complexity index is 1160. The Morgan fingerprint density at radius 1 is 1.33 bits per heavy atom.